The quantitative estimate of drug-likeness (QED) is 0.550. The van der Waals surface area contributed by atoms with Gasteiger partial charge in [0.15, 0.2) is 11.6 Å². The molecule has 29 heavy (non-hydrogen) atoms. The smallest absolute Gasteiger partial charge is 0.170 e. The molecule has 2 heterocycles. The monoisotopic (exact) mass is 426 g/mol. The molecule has 1 unspecified atom stereocenters. The van der Waals surface area contributed by atoms with Crippen molar-refractivity contribution in [3.63, 3.8) is 0 Å². The number of rotatable bonds is 5. The maximum absolute atomic E-state index is 13.0. The molecule has 0 amide bonds. The zero-order valence-corrected chi connectivity index (χ0v) is 17.1. The molecular weight excluding hydrogens is 411 g/mol. The Balaban J connectivity index is 1.50. The van der Waals surface area contributed by atoms with Gasteiger partial charge in [0.25, 0.3) is 0 Å². The van der Waals surface area contributed by atoms with E-state index in [2.05, 4.69) is 9.97 Å². The second kappa shape index (κ2) is 7.97. The Hall–Kier alpha value is -2.70. The predicted molar refractivity (Wildman–Crippen MR) is 110 cm³/mol. The number of halogens is 2. The van der Waals surface area contributed by atoms with Crippen LogP contribution in [-0.4, -0.2) is 21.5 Å². The summed E-state index contributed by atoms with van der Waals surface area (Å²) >= 11 is 7.46. The maximum Gasteiger partial charge on any atom is 0.170 e. The highest BCUT2D eigenvalue weighted by molar-refractivity contribution is 7.15. The van der Waals surface area contributed by atoms with E-state index in [0.717, 1.165) is 27.3 Å². The van der Waals surface area contributed by atoms with Crippen molar-refractivity contribution in [3.05, 3.63) is 81.3 Å². The fourth-order valence-corrected chi connectivity index (χ4v) is 4.33. The Morgan fingerprint density at radius 2 is 1.90 bits per heavy atom. The molecule has 1 aliphatic carbocycles. The summed E-state index contributed by atoms with van der Waals surface area (Å²) in [5.41, 5.74) is 2.65. The number of aryl methyl sites for hydroxylation is 1. The van der Waals surface area contributed by atoms with Crippen molar-refractivity contribution < 1.29 is 14.0 Å². The first-order valence-electron chi connectivity index (χ1n) is 9.02. The second-order valence-corrected chi connectivity index (χ2v) is 8.51. The zero-order valence-electron chi connectivity index (χ0n) is 15.5. The largest absolute Gasteiger partial charge is 0.294 e. The first kappa shape index (κ1) is 19.6. The number of Topliss-reactive ketones (excluding diaryl/α,β-unsaturated/α-hetero) is 1. The van der Waals surface area contributed by atoms with E-state index in [4.69, 9.17) is 11.6 Å². The molecule has 1 aromatic carbocycles. The van der Waals surface area contributed by atoms with Crippen molar-refractivity contribution in [2.75, 3.05) is 0 Å². The van der Waals surface area contributed by atoms with Crippen LogP contribution in [0.15, 0.2) is 54.2 Å². The van der Waals surface area contributed by atoms with Crippen LogP contribution in [0.25, 0.3) is 10.6 Å². The summed E-state index contributed by atoms with van der Waals surface area (Å²) in [6.07, 6.45) is 2.98. The van der Waals surface area contributed by atoms with Gasteiger partial charge in [-0.25, -0.2) is 9.37 Å². The summed E-state index contributed by atoms with van der Waals surface area (Å²) < 4.78 is 13.0. The molecule has 0 radical (unpaired) electrons. The Labute approximate surface area is 176 Å². The lowest BCUT2D eigenvalue weighted by Crippen LogP contribution is -2.20. The molecule has 2 aromatic heterocycles. The van der Waals surface area contributed by atoms with Gasteiger partial charge in [0.1, 0.15) is 10.8 Å². The minimum atomic E-state index is -0.760. The third-order valence-corrected chi connectivity index (χ3v) is 6.15. The Morgan fingerprint density at radius 1 is 1.14 bits per heavy atom. The molecule has 1 atom stereocenters. The van der Waals surface area contributed by atoms with E-state index in [9.17, 15) is 14.0 Å². The molecule has 0 bridgehead atoms. The molecule has 146 valence electrons. The Kier molecular flexibility index (Phi) is 5.39. The first-order valence-corrected chi connectivity index (χ1v) is 10.2. The predicted octanol–water partition coefficient (Wildman–Crippen LogP) is 4.79. The molecule has 4 nitrogen and oxygen atoms in total. The van der Waals surface area contributed by atoms with Crippen LogP contribution in [0.4, 0.5) is 4.39 Å². The fraction of sp³-hybridized carbons (Fsp3) is 0.182. The van der Waals surface area contributed by atoms with Gasteiger partial charge < -0.3 is 0 Å². The highest BCUT2D eigenvalue weighted by atomic mass is 35.5. The number of carbonyl (C=O) groups excluding carboxylic acids is 2. The van der Waals surface area contributed by atoms with Gasteiger partial charge >= 0.3 is 0 Å². The van der Waals surface area contributed by atoms with E-state index in [1.165, 1.54) is 29.5 Å². The van der Waals surface area contributed by atoms with Crippen molar-refractivity contribution >= 4 is 34.5 Å². The van der Waals surface area contributed by atoms with Crippen molar-refractivity contribution in [3.8, 4) is 10.6 Å². The topological polar surface area (TPSA) is 59.9 Å². The highest BCUT2D eigenvalue weighted by Crippen LogP contribution is 2.31. The minimum absolute atomic E-state index is 0.207. The lowest BCUT2D eigenvalue weighted by molar-refractivity contribution is -0.126. The number of aromatic nitrogens is 2. The van der Waals surface area contributed by atoms with Crippen LogP contribution in [-0.2, 0) is 22.4 Å². The van der Waals surface area contributed by atoms with Gasteiger partial charge in [-0.1, -0.05) is 23.7 Å². The number of allylic oxidation sites excluding steroid dienone is 2. The van der Waals surface area contributed by atoms with Crippen molar-refractivity contribution in [2.45, 2.75) is 19.8 Å². The number of benzene rings is 1. The summed E-state index contributed by atoms with van der Waals surface area (Å²) in [7, 11) is 0. The molecule has 0 fully saturated rings. The molecule has 1 aliphatic rings. The summed E-state index contributed by atoms with van der Waals surface area (Å²) in [4.78, 5) is 34.8. The van der Waals surface area contributed by atoms with Gasteiger partial charge in [0, 0.05) is 39.6 Å². The molecule has 0 N–H and O–H groups in total. The van der Waals surface area contributed by atoms with Gasteiger partial charge in [-0.15, -0.1) is 11.3 Å². The normalized spacial score (nSPS) is 16.4. The number of nitrogens with zero attached hydrogens (tertiary/aromatic N) is 2. The Bertz CT molecular complexity index is 1120. The summed E-state index contributed by atoms with van der Waals surface area (Å²) in [6.45, 7) is 1.94. The number of pyridine rings is 1. The SMILES string of the molecule is Cc1sc(-c2ccc(Cl)cc2)nc1CC1C(=O)C=C(Cc2ccc(F)cn2)C1=O. The van der Waals surface area contributed by atoms with E-state index < -0.39 is 11.7 Å². The third-order valence-electron chi connectivity index (χ3n) is 4.83. The summed E-state index contributed by atoms with van der Waals surface area (Å²) in [5.74, 6) is -1.62. The van der Waals surface area contributed by atoms with E-state index in [0.29, 0.717) is 16.3 Å². The fourth-order valence-electron chi connectivity index (χ4n) is 3.26. The zero-order chi connectivity index (χ0) is 20.5. The number of carbonyl (C=O) groups is 2. The lowest BCUT2D eigenvalue weighted by Gasteiger charge is -2.07. The number of hydrogen-bond acceptors (Lipinski definition) is 5. The standard InChI is InChI=1S/C22H16ClFN2O2S/c1-12-19(26-22(29-12)13-2-4-15(23)5-3-13)10-18-20(27)9-14(21(18)28)8-17-7-6-16(24)11-25-17/h2-7,9,11,18H,8,10H2,1H3. The van der Waals surface area contributed by atoms with Gasteiger partial charge in [-0.3, -0.25) is 14.6 Å². The average molecular weight is 427 g/mol. The molecule has 3 aromatic rings. The van der Waals surface area contributed by atoms with Crippen molar-refractivity contribution in [1.82, 2.24) is 9.97 Å². The Morgan fingerprint density at radius 3 is 2.59 bits per heavy atom. The van der Waals surface area contributed by atoms with Crippen LogP contribution in [0.3, 0.4) is 0 Å². The van der Waals surface area contributed by atoms with Gasteiger partial charge in [0.2, 0.25) is 0 Å². The molecule has 0 saturated heterocycles. The molecular formula is C22H16ClFN2O2S. The van der Waals surface area contributed by atoms with E-state index in [-0.39, 0.29) is 24.4 Å². The minimum Gasteiger partial charge on any atom is -0.294 e. The molecule has 0 spiro atoms. The number of hydrogen-bond donors (Lipinski definition) is 0. The van der Waals surface area contributed by atoms with Gasteiger partial charge in [0.05, 0.1) is 17.8 Å². The molecule has 4 rings (SSSR count). The molecule has 0 saturated carbocycles. The second-order valence-electron chi connectivity index (χ2n) is 6.87. The van der Waals surface area contributed by atoms with E-state index in [1.54, 1.807) is 12.1 Å². The van der Waals surface area contributed by atoms with Crippen molar-refractivity contribution in [1.29, 1.82) is 0 Å². The number of thiazole rings is 1. The summed E-state index contributed by atoms with van der Waals surface area (Å²) in [5, 5.41) is 1.48. The van der Waals surface area contributed by atoms with Crippen LogP contribution in [0, 0.1) is 18.7 Å². The lowest BCUT2D eigenvalue weighted by atomic mass is 9.95. The van der Waals surface area contributed by atoms with Gasteiger partial charge in [-0.2, -0.15) is 0 Å². The maximum atomic E-state index is 13.0. The third kappa shape index (κ3) is 4.18. The number of ketones is 2. The van der Waals surface area contributed by atoms with E-state index >= 15 is 0 Å². The van der Waals surface area contributed by atoms with Crippen LogP contribution in [0.2, 0.25) is 5.02 Å². The van der Waals surface area contributed by atoms with Crippen LogP contribution >= 0.6 is 22.9 Å². The van der Waals surface area contributed by atoms with E-state index in [1.807, 2.05) is 19.1 Å². The summed E-state index contributed by atoms with van der Waals surface area (Å²) in [6, 6.07) is 10.2. The molecule has 7 heteroatoms. The van der Waals surface area contributed by atoms with Crippen LogP contribution in [0.1, 0.15) is 16.3 Å². The first-order chi connectivity index (χ1) is 13.9. The van der Waals surface area contributed by atoms with Gasteiger partial charge in [-0.05, 0) is 37.3 Å². The highest BCUT2D eigenvalue weighted by Gasteiger charge is 2.35. The van der Waals surface area contributed by atoms with Crippen LogP contribution < -0.4 is 0 Å². The molecule has 0 aliphatic heterocycles. The van der Waals surface area contributed by atoms with Crippen LogP contribution in [0.5, 0.6) is 0 Å². The average Bonchev–Trinajstić information content (AvgIpc) is 3.19. The van der Waals surface area contributed by atoms with Crippen molar-refractivity contribution in [2.24, 2.45) is 5.92 Å².